The zero-order valence-electron chi connectivity index (χ0n) is 10.3. The average molecular weight is 282 g/mol. The lowest BCUT2D eigenvalue weighted by atomic mass is 10.0. The number of amides is 3. The third-order valence-corrected chi connectivity index (χ3v) is 2.69. The number of carbonyl (C=O) groups is 3. The second-order valence-corrected chi connectivity index (χ2v) is 4.06. The molecule has 0 saturated carbocycles. The first-order valence-electron chi connectivity index (χ1n) is 5.50. The molecular formula is C10H13F3N2O4. The largest absolute Gasteiger partial charge is 0.466 e. The lowest BCUT2D eigenvalue weighted by Crippen LogP contribution is -2.56. The lowest BCUT2D eigenvalue weighted by molar-refractivity contribution is -0.191. The molecular weight excluding hydrogens is 269 g/mol. The Kier molecular flexibility index (Phi) is 4.06. The highest BCUT2D eigenvalue weighted by molar-refractivity contribution is 6.07. The molecule has 1 heterocycles. The molecule has 0 aliphatic carbocycles. The minimum absolute atomic E-state index is 0.110. The molecule has 108 valence electrons. The van der Waals surface area contributed by atoms with Crippen molar-refractivity contribution in [3.8, 4) is 0 Å². The Balaban J connectivity index is 2.75. The van der Waals surface area contributed by atoms with Gasteiger partial charge in [-0.15, -0.1) is 0 Å². The zero-order chi connectivity index (χ0) is 14.8. The van der Waals surface area contributed by atoms with Gasteiger partial charge < -0.3 is 10.1 Å². The third kappa shape index (κ3) is 2.79. The first-order chi connectivity index (χ1) is 8.63. The number of alkyl halides is 3. The van der Waals surface area contributed by atoms with Crippen molar-refractivity contribution in [2.24, 2.45) is 0 Å². The number of esters is 1. The Hall–Kier alpha value is -1.80. The first kappa shape index (κ1) is 15.3. The highest BCUT2D eigenvalue weighted by atomic mass is 19.4. The van der Waals surface area contributed by atoms with Crippen molar-refractivity contribution in [2.75, 3.05) is 13.2 Å². The summed E-state index contributed by atoms with van der Waals surface area (Å²) in [5.74, 6) is -2.11. The quantitative estimate of drug-likeness (QED) is 0.611. The zero-order valence-corrected chi connectivity index (χ0v) is 10.3. The molecule has 0 aromatic heterocycles. The van der Waals surface area contributed by atoms with Gasteiger partial charge in [-0.1, -0.05) is 0 Å². The monoisotopic (exact) mass is 282 g/mol. The Morgan fingerprint density at radius 3 is 2.42 bits per heavy atom. The standard InChI is InChI=1S/C10H13F3N2O4/c1-3-19-6(16)4-5-15-7(17)9(2,10(11,12)13)14-8(15)18/h3-5H2,1-2H3,(H,14,18). The number of nitrogens with zero attached hydrogens (tertiary/aromatic N) is 1. The fourth-order valence-electron chi connectivity index (χ4n) is 1.53. The molecule has 1 atom stereocenters. The maximum atomic E-state index is 12.7. The number of urea groups is 1. The summed E-state index contributed by atoms with van der Waals surface area (Å²) in [7, 11) is 0. The molecule has 1 aliphatic heterocycles. The summed E-state index contributed by atoms with van der Waals surface area (Å²) in [4.78, 5) is 34.4. The summed E-state index contributed by atoms with van der Waals surface area (Å²) in [6.07, 6.45) is -5.25. The molecule has 1 rings (SSSR count). The number of hydrogen-bond acceptors (Lipinski definition) is 4. The minimum Gasteiger partial charge on any atom is -0.466 e. The smallest absolute Gasteiger partial charge is 0.420 e. The molecule has 0 radical (unpaired) electrons. The molecule has 1 saturated heterocycles. The topological polar surface area (TPSA) is 75.7 Å². The van der Waals surface area contributed by atoms with Crippen LogP contribution in [0.3, 0.4) is 0 Å². The van der Waals surface area contributed by atoms with Crippen molar-refractivity contribution >= 4 is 17.9 Å². The maximum Gasteiger partial charge on any atom is 0.420 e. The predicted molar refractivity (Wildman–Crippen MR) is 56.0 cm³/mol. The normalized spacial score (nSPS) is 23.5. The summed E-state index contributed by atoms with van der Waals surface area (Å²) in [5, 5.41) is 1.59. The van der Waals surface area contributed by atoms with Gasteiger partial charge in [0.1, 0.15) is 0 Å². The summed E-state index contributed by atoms with van der Waals surface area (Å²) in [6.45, 7) is 1.80. The van der Waals surface area contributed by atoms with Crippen LogP contribution in [0, 0.1) is 0 Å². The number of imide groups is 1. The number of hydrogen-bond donors (Lipinski definition) is 1. The van der Waals surface area contributed by atoms with Gasteiger partial charge in [-0.05, 0) is 13.8 Å². The van der Waals surface area contributed by atoms with Gasteiger partial charge in [-0.2, -0.15) is 13.2 Å². The second kappa shape index (κ2) is 5.06. The fraction of sp³-hybridized carbons (Fsp3) is 0.700. The SMILES string of the molecule is CCOC(=O)CCN1C(=O)NC(C)(C(F)(F)F)C1=O. The van der Waals surface area contributed by atoms with Crippen molar-refractivity contribution in [1.82, 2.24) is 10.2 Å². The van der Waals surface area contributed by atoms with Crippen LogP contribution >= 0.6 is 0 Å². The Bertz CT molecular complexity index is 410. The molecule has 0 aromatic carbocycles. The number of halogens is 3. The predicted octanol–water partition coefficient (Wildman–Crippen LogP) is 0.812. The van der Waals surface area contributed by atoms with Crippen LogP contribution in [0.15, 0.2) is 0 Å². The van der Waals surface area contributed by atoms with Gasteiger partial charge in [0.25, 0.3) is 5.91 Å². The molecule has 6 nitrogen and oxygen atoms in total. The van der Waals surface area contributed by atoms with Crippen LogP contribution in [-0.4, -0.2) is 47.7 Å². The van der Waals surface area contributed by atoms with Gasteiger partial charge in [-0.3, -0.25) is 14.5 Å². The number of carbonyl (C=O) groups excluding carboxylic acids is 3. The van der Waals surface area contributed by atoms with E-state index in [1.807, 2.05) is 0 Å². The van der Waals surface area contributed by atoms with E-state index in [-0.39, 0.29) is 13.0 Å². The Labute approximate surface area is 106 Å². The van der Waals surface area contributed by atoms with E-state index in [9.17, 15) is 27.6 Å². The fourth-order valence-corrected chi connectivity index (χ4v) is 1.53. The summed E-state index contributed by atoms with van der Waals surface area (Å²) < 4.78 is 42.7. The number of ether oxygens (including phenoxy) is 1. The molecule has 3 amide bonds. The molecule has 1 aliphatic rings. The molecule has 1 fully saturated rings. The average Bonchev–Trinajstić information content (AvgIpc) is 2.48. The highest BCUT2D eigenvalue weighted by Crippen LogP contribution is 2.35. The maximum absolute atomic E-state index is 12.7. The van der Waals surface area contributed by atoms with Crippen molar-refractivity contribution in [2.45, 2.75) is 32.0 Å². The van der Waals surface area contributed by atoms with E-state index in [1.165, 1.54) is 0 Å². The summed E-state index contributed by atoms with van der Waals surface area (Å²) >= 11 is 0. The molecule has 0 spiro atoms. The van der Waals surface area contributed by atoms with E-state index in [0.29, 0.717) is 11.8 Å². The van der Waals surface area contributed by atoms with Gasteiger partial charge in [0.15, 0.2) is 0 Å². The number of nitrogens with one attached hydrogen (secondary N) is 1. The van der Waals surface area contributed by atoms with Gasteiger partial charge in [0, 0.05) is 6.54 Å². The van der Waals surface area contributed by atoms with Crippen LogP contribution in [0.4, 0.5) is 18.0 Å². The van der Waals surface area contributed by atoms with E-state index >= 15 is 0 Å². The van der Waals surface area contributed by atoms with E-state index in [0.717, 1.165) is 0 Å². The van der Waals surface area contributed by atoms with Gasteiger partial charge in [0.05, 0.1) is 13.0 Å². The van der Waals surface area contributed by atoms with Crippen LogP contribution in [0.5, 0.6) is 0 Å². The van der Waals surface area contributed by atoms with Crippen molar-refractivity contribution in [3.63, 3.8) is 0 Å². The van der Waals surface area contributed by atoms with Crippen LogP contribution in [-0.2, 0) is 14.3 Å². The van der Waals surface area contributed by atoms with Gasteiger partial charge >= 0.3 is 18.2 Å². The van der Waals surface area contributed by atoms with Crippen molar-refractivity contribution in [1.29, 1.82) is 0 Å². The van der Waals surface area contributed by atoms with E-state index in [1.54, 1.807) is 12.2 Å². The third-order valence-electron chi connectivity index (χ3n) is 2.69. The van der Waals surface area contributed by atoms with Gasteiger partial charge in [0.2, 0.25) is 5.54 Å². The van der Waals surface area contributed by atoms with Crippen LogP contribution in [0.25, 0.3) is 0 Å². The van der Waals surface area contributed by atoms with Crippen molar-refractivity contribution in [3.05, 3.63) is 0 Å². The molecule has 9 heteroatoms. The van der Waals surface area contributed by atoms with Gasteiger partial charge in [-0.25, -0.2) is 4.79 Å². The first-order valence-corrected chi connectivity index (χ1v) is 5.50. The molecule has 0 bridgehead atoms. The Morgan fingerprint density at radius 1 is 1.42 bits per heavy atom. The summed E-state index contributed by atoms with van der Waals surface area (Å²) in [5.41, 5.74) is -2.95. The van der Waals surface area contributed by atoms with E-state index in [2.05, 4.69) is 4.74 Å². The molecule has 19 heavy (non-hydrogen) atoms. The molecule has 1 unspecified atom stereocenters. The summed E-state index contributed by atoms with van der Waals surface area (Å²) in [6, 6.07) is -1.17. The second-order valence-electron chi connectivity index (χ2n) is 4.06. The highest BCUT2D eigenvalue weighted by Gasteiger charge is 2.64. The van der Waals surface area contributed by atoms with E-state index < -0.39 is 36.2 Å². The molecule has 0 aromatic rings. The lowest BCUT2D eigenvalue weighted by Gasteiger charge is -2.24. The van der Waals surface area contributed by atoms with Crippen LogP contribution < -0.4 is 5.32 Å². The van der Waals surface area contributed by atoms with Crippen LogP contribution in [0.2, 0.25) is 0 Å². The van der Waals surface area contributed by atoms with Crippen molar-refractivity contribution < 1.29 is 32.3 Å². The van der Waals surface area contributed by atoms with Crippen LogP contribution in [0.1, 0.15) is 20.3 Å². The number of rotatable bonds is 4. The minimum atomic E-state index is -4.90. The Morgan fingerprint density at radius 2 is 2.00 bits per heavy atom. The molecule has 1 N–H and O–H groups in total. The van der Waals surface area contributed by atoms with E-state index in [4.69, 9.17) is 0 Å².